The van der Waals surface area contributed by atoms with Gasteiger partial charge in [-0.15, -0.1) is 12.4 Å². The van der Waals surface area contributed by atoms with Gasteiger partial charge in [-0.25, -0.2) is 9.18 Å². The van der Waals surface area contributed by atoms with Crippen LogP contribution in [0.15, 0.2) is 18.2 Å². The second-order valence-corrected chi connectivity index (χ2v) is 3.65. The molecule has 88 valence electrons. The highest BCUT2D eigenvalue weighted by atomic mass is 35.5. The maximum absolute atomic E-state index is 13.6. The molecule has 0 spiro atoms. The van der Waals surface area contributed by atoms with E-state index in [0.717, 1.165) is 5.56 Å². The third-order valence-corrected chi connectivity index (χ3v) is 2.46. The van der Waals surface area contributed by atoms with Crippen molar-refractivity contribution < 1.29 is 13.9 Å². The quantitative estimate of drug-likeness (QED) is 0.826. The Labute approximate surface area is 99.4 Å². The molecule has 1 saturated heterocycles. The average Bonchev–Trinajstić information content (AvgIpc) is 2.17. The van der Waals surface area contributed by atoms with Crippen LogP contribution < -0.4 is 5.32 Å². The van der Waals surface area contributed by atoms with Crippen molar-refractivity contribution in [1.29, 1.82) is 0 Å². The predicted molar refractivity (Wildman–Crippen MR) is 60.2 cm³/mol. The minimum absolute atomic E-state index is 0. The van der Waals surface area contributed by atoms with E-state index in [1.807, 2.05) is 13.0 Å². The Morgan fingerprint density at radius 1 is 1.50 bits per heavy atom. The van der Waals surface area contributed by atoms with E-state index >= 15 is 0 Å². The van der Waals surface area contributed by atoms with Crippen molar-refractivity contribution in [3.05, 3.63) is 35.1 Å². The van der Waals surface area contributed by atoms with E-state index < -0.39 is 6.09 Å². The summed E-state index contributed by atoms with van der Waals surface area (Å²) >= 11 is 0. The number of halogens is 2. The Hall–Kier alpha value is -1.29. The summed E-state index contributed by atoms with van der Waals surface area (Å²) in [6, 6.07) is 4.74. The van der Waals surface area contributed by atoms with E-state index in [-0.39, 0.29) is 24.3 Å². The first-order valence-electron chi connectivity index (χ1n) is 4.86. The number of cyclic esters (lactones) is 1. The molecule has 0 radical (unpaired) electrons. The van der Waals surface area contributed by atoms with E-state index in [0.29, 0.717) is 18.6 Å². The first-order chi connectivity index (χ1) is 7.16. The van der Waals surface area contributed by atoms with Gasteiger partial charge in [0.1, 0.15) is 5.82 Å². The molecular formula is C11H13ClFNO2. The largest absolute Gasteiger partial charge is 0.449 e. The van der Waals surface area contributed by atoms with E-state index in [1.165, 1.54) is 6.07 Å². The predicted octanol–water partition coefficient (Wildman–Crippen LogP) is 2.73. The zero-order valence-corrected chi connectivity index (χ0v) is 9.64. The Kier molecular flexibility index (Phi) is 4.12. The number of ether oxygens (including phenoxy) is 1. The number of benzene rings is 1. The number of hydrogen-bond acceptors (Lipinski definition) is 2. The normalized spacial score (nSPS) is 19.4. The lowest BCUT2D eigenvalue weighted by Gasteiger charge is -2.24. The van der Waals surface area contributed by atoms with E-state index in [1.54, 1.807) is 6.07 Å². The van der Waals surface area contributed by atoms with Crippen LogP contribution in [0.25, 0.3) is 0 Å². The molecular weight excluding hydrogens is 233 g/mol. The Morgan fingerprint density at radius 2 is 2.25 bits per heavy atom. The highest BCUT2D eigenvalue weighted by molar-refractivity contribution is 5.85. The van der Waals surface area contributed by atoms with Gasteiger partial charge in [0.15, 0.2) is 0 Å². The lowest BCUT2D eigenvalue weighted by Crippen LogP contribution is -2.35. The number of aryl methyl sites for hydroxylation is 1. The lowest BCUT2D eigenvalue weighted by molar-refractivity contribution is 0.115. The number of carbonyl (C=O) groups is 1. The molecule has 5 heteroatoms. The standard InChI is InChI=1S/C11H12FNO2.ClH/c1-7-2-3-8(9(12)6-7)10-4-5-15-11(14)13-10;/h2-3,6,10H,4-5H2,1H3,(H,13,14);1H/t10-;/m1./s1. The van der Waals surface area contributed by atoms with Crippen molar-refractivity contribution in [2.75, 3.05) is 6.61 Å². The fourth-order valence-corrected chi connectivity index (χ4v) is 1.67. The Bertz CT molecular complexity index is 398. The van der Waals surface area contributed by atoms with Crippen LogP contribution in [0.5, 0.6) is 0 Å². The van der Waals surface area contributed by atoms with E-state index in [9.17, 15) is 9.18 Å². The molecule has 0 bridgehead atoms. The fraction of sp³-hybridized carbons (Fsp3) is 0.364. The van der Waals surface area contributed by atoms with Crippen LogP contribution in [0.4, 0.5) is 9.18 Å². The van der Waals surface area contributed by atoms with Crippen LogP contribution in [-0.4, -0.2) is 12.7 Å². The van der Waals surface area contributed by atoms with Gasteiger partial charge >= 0.3 is 6.09 Å². The van der Waals surface area contributed by atoms with Crippen molar-refractivity contribution in [1.82, 2.24) is 5.32 Å². The van der Waals surface area contributed by atoms with Gasteiger partial charge in [0.2, 0.25) is 0 Å². The number of alkyl carbamates (subject to hydrolysis) is 1. The highest BCUT2D eigenvalue weighted by Gasteiger charge is 2.22. The monoisotopic (exact) mass is 245 g/mol. The number of hydrogen-bond donors (Lipinski definition) is 1. The van der Waals surface area contributed by atoms with Crippen LogP contribution in [0.1, 0.15) is 23.6 Å². The molecule has 1 aromatic carbocycles. The molecule has 1 aliphatic rings. The molecule has 1 heterocycles. The van der Waals surface area contributed by atoms with Gasteiger partial charge in [-0.1, -0.05) is 12.1 Å². The zero-order chi connectivity index (χ0) is 10.8. The molecule has 0 aliphatic carbocycles. The summed E-state index contributed by atoms with van der Waals surface area (Å²) in [6.07, 6.45) is 0.123. The van der Waals surface area contributed by atoms with Crippen LogP contribution in [-0.2, 0) is 4.74 Å². The van der Waals surface area contributed by atoms with Crippen LogP contribution in [0.2, 0.25) is 0 Å². The van der Waals surface area contributed by atoms with Gasteiger partial charge in [-0.2, -0.15) is 0 Å². The second kappa shape index (κ2) is 5.16. The summed E-state index contributed by atoms with van der Waals surface area (Å²) in [5.74, 6) is -0.276. The topological polar surface area (TPSA) is 38.3 Å². The molecule has 0 saturated carbocycles. The third kappa shape index (κ3) is 2.64. The van der Waals surface area contributed by atoms with Crippen molar-refractivity contribution in [2.45, 2.75) is 19.4 Å². The first-order valence-corrected chi connectivity index (χ1v) is 4.86. The summed E-state index contributed by atoms with van der Waals surface area (Å²) in [7, 11) is 0. The number of amides is 1. The molecule has 0 unspecified atom stereocenters. The van der Waals surface area contributed by atoms with Gasteiger partial charge in [0, 0.05) is 12.0 Å². The second-order valence-electron chi connectivity index (χ2n) is 3.65. The SMILES string of the molecule is Cc1ccc([C@H]2CCOC(=O)N2)c(F)c1.Cl. The van der Waals surface area contributed by atoms with Crippen LogP contribution >= 0.6 is 12.4 Å². The van der Waals surface area contributed by atoms with Crippen molar-refractivity contribution in [3.63, 3.8) is 0 Å². The molecule has 1 atom stereocenters. The summed E-state index contributed by atoms with van der Waals surface area (Å²) in [5, 5.41) is 2.59. The minimum atomic E-state index is -0.480. The van der Waals surface area contributed by atoms with Crippen molar-refractivity contribution in [2.24, 2.45) is 0 Å². The van der Waals surface area contributed by atoms with Crippen LogP contribution in [0.3, 0.4) is 0 Å². The number of carbonyl (C=O) groups excluding carboxylic acids is 1. The summed E-state index contributed by atoms with van der Waals surface area (Å²) in [6.45, 7) is 2.17. The van der Waals surface area contributed by atoms with Gasteiger partial charge < -0.3 is 10.1 Å². The average molecular weight is 246 g/mol. The maximum atomic E-state index is 13.6. The Morgan fingerprint density at radius 3 is 2.88 bits per heavy atom. The molecule has 1 aromatic rings. The van der Waals surface area contributed by atoms with Gasteiger partial charge in [0.25, 0.3) is 0 Å². The molecule has 1 aliphatic heterocycles. The third-order valence-electron chi connectivity index (χ3n) is 2.46. The van der Waals surface area contributed by atoms with E-state index in [4.69, 9.17) is 4.74 Å². The maximum Gasteiger partial charge on any atom is 0.407 e. The van der Waals surface area contributed by atoms with Crippen molar-refractivity contribution in [3.8, 4) is 0 Å². The smallest absolute Gasteiger partial charge is 0.407 e. The minimum Gasteiger partial charge on any atom is -0.449 e. The van der Waals surface area contributed by atoms with Gasteiger partial charge in [-0.05, 0) is 18.6 Å². The van der Waals surface area contributed by atoms with Crippen LogP contribution in [0, 0.1) is 12.7 Å². The van der Waals surface area contributed by atoms with Gasteiger partial charge in [-0.3, -0.25) is 0 Å². The molecule has 1 N–H and O–H groups in total. The Balaban J connectivity index is 0.00000128. The lowest BCUT2D eigenvalue weighted by atomic mass is 10.0. The molecule has 16 heavy (non-hydrogen) atoms. The number of rotatable bonds is 1. The molecule has 0 aromatic heterocycles. The van der Waals surface area contributed by atoms with E-state index in [2.05, 4.69) is 5.32 Å². The van der Waals surface area contributed by atoms with Gasteiger partial charge in [0.05, 0.1) is 12.6 Å². The molecule has 1 fully saturated rings. The highest BCUT2D eigenvalue weighted by Crippen LogP contribution is 2.23. The summed E-state index contributed by atoms with van der Waals surface area (Å²) < 4.78 is 18.3. The fourth-order valence-electron chi connectivity index (χ4n) is 1.67. The number of nitrogens with one attached hydrogen (secondary N) is 1. The summed E-state index contributed by atoms with van der Waals surface area (Å²) in [4.78, 5) is 11.0. The molecule has 2 rings (SSSR count). The zero-order valence-electron chi connectivity index (χ0n) is 8.83. The molecule has 1 amide bonds. The van der Waals surface area contributed by atoms with Crippen molar-refractivity contribution >= 4 is 18.5 Å². The first kappa shape index (κ1) is 12.8. The molecule has 3 nitrogen and oxygen atoms in total. The summed E-state index contributed by atoms with van der Waals surface area (Å²) in [5.41, 5.74) is 1.40.